The average Bonchev–Trinajstić information content (AvgIpc) is 2.07. The smallest absolute Gasteiger partial charge is 0.547 e. The van der Waals surface area contributed by atoms with E-state index in [0.717, 1.165) is 0 Å². The van der Waals surface area contributed by atoms with E-state index >= 15 is 0 Å². The first-order valence-electron chi connectivity index (χ1n) is 3.53. The minimum absolute atomic E-state index is 0. The number of ether oxygens (including phenoxy) is 1. The number of aliphatic hydroxyl groups is 4. The first kappa shape index (κ1) is 14.3. The normalized spacial score (nSPS) is 42.7. The van der Waals surface area contributed by atoms with Crippen molar-refractivity contribution in [1.82, 2.24) is 0 Å². The fraction of sp³-hybridized carbons (Fsp3) is 0.833. The molecule has 1 aliphatic heterocycles. The molecular weight excluding hydrogens is 207 g/mol. The fourth-order valence-electron chi connectivity index (χ4n) is 1.06. The maximum atomic E-state index is 10.3. The second kappa shape index (κ2) is 5.38. The van der Waals surface area contributed by atoms with Crippen LogP contribution >= 0.6 is 0 Å². The summed E-state index contributed by atoms with van der Waals surface area (Å²) in [5.74, 6) is -1.77. The van der Waals surface area contributed by atoms with Gasteiger partial charge in [0.2, 0.25) is 0 Å². The monoisotopic (exact) mass is 216 g/mol. The molecule has 1 heterocycles. The minimum Gasteiger partial charge on any atom is -0.547 e. The molecule has 7 nitrogen and oxygen atoms in total. The van der Waals surface area contributed by atoms with Crippen molar-refractivity contribution in [3.8, 4) is 0 Å². The van der Waals surface area contributed by atoms with Crippen LogP contribution in [0.5, 0.6) is 0 Å². The summed E-state index contributed by atoms with van der Waals surface area (Å²) in [5.41, 5.74) is 0. The van der Waals surface area contributed by atoms with Gasteiger partial charge in [0.05, 0.1) is 5.97 Å². The molecule has 0 aromatic rings. The van der Waals surface area contributed by atoms with Crippen LogP contribution in [0.15, 0.2) is 0 Å². The first-order chi connectivity index (χ1) is 5.95. The zero-order valence-electron chi connectivity index (χ0n) is 7.40. The van der Waals surface area contributed by atoms with Crippen molar-refractivity contribution in [2.45, 2.75) is 30.7 Å². The number of carbonyl (C=O) groups is 1. The number of hydrogen-bond donors (Lipinski definition) is 4. The fourth-order valence-corrected chi connectivity index (χ4v) is 1.06. The Kier molecular flexibility index (Phi) is 5.48. The second-order valence-electron chi connectivity index (χ2n) is 2.74. The Labute approximate surface area is 101 Å². The maximum absolute atomic E-state index is 10.3. The topological polar surface area (TPSA) is 130 Å². The van der Waals surface area contributed by atoms with Crippen LogP contribution in [0.1, 0.15) is 0 Å². The zero-order chi connectivity index (χ0) is 10.2. The molecule has 0 bridgehead atoms. The van der Waals surface area contributed by atoms with Gasteiger partial charge in [-0.2, -0.15) is 0 Å². The summed E-state index contributed by atoms with van der Waals surface area (Å²) in [6, 6.07) is 0. The predicted octanol–water partition coefficient (Wildman–Crippen LogP) is -7.46. The molecule has 0 spiro atoms. The number of hydrogen-bond acceptors (Lipinski definition) is 7. The van der Waals surface area contributed by atoms with Gasteiger partial charge in [0.15, 0.2) is 6.29 Å². The third kappa shape index (κ3) is 2.65. The van der Waals surface area contributed by atoms with Gasteiger partial charge in [-0.3, -0.25) is 0 Å². The SMILES string of the molecule is O=C([O-])C1O[C@@H](O)[C@@H](O)[C@@H](O)[C@@H]1O.[Na+]. The molecular formula is C6H9NaO7. The van der Waals surface area contributed by atoms with Gasteiger partial charge in [0, 0.05) is 0 Å². The van der Waals surface area contributed by atoms with E-state index in [1.807, 2.05) is 0 Å². The van der Waals surface area contributed by atoms with E-state index < -0.39 is 36.7 Å². The molecule has 1 aliphatic rings. The molecule has 0 radical (unpaired) electrons. The molecule has 8 heteroatoms. The molecule has 76 valence electrons. The number of carboxylic acids is 1. The molecule has 1 saturated heterocycles. The summed E-state index contributed by atoms with van der Waals surface area (Å²) in [6.45, 7) is 0. The third-order valence-electron chi connectivity index (χ3n) is 1.82. The Hall–Kier alpha value is 0.270. The van der Waals surface area contributed by atoms with E-state index in [2.05, 4.69) is 4.74 Å². The van der Waals surface area contributed by atoms with Crippen LogP contribution in [0.25, 0.3) is 0 Å². The first-order valence-corrected chi connectivity index (χ1v) is 3.53. The van der Waals surface area contributed by atoms with Gasteiger partial charge in [0.25, 0.3) is 0 Å². The van der Waals surface area contributed by atoms with Gasteiger partial charge < -0.3 is 35.1 Å². The van der Waals surface area contributed by atoms with Crippen LogP contribution in [0.2, 0.25) is 0 Å². The van der Waals surface area contributed by atoms with Crippen LogP contribution < -0.4 is 34.7 Å². The second-order valence-corrected chi connectivity index (χ2v) is 2.74. The summed E-state index contributed by atoms with van der Waals surface area (Å²) >= 11 is 0. The van der Waals surface area contributed by atoms with E-state index in [9.17, 15) is 9.90 Å². The zero-order valence-corrected chi connectivity index (χ0v) is 9.40. The van der Waals surface area contributed by atoms with Gasteiger partial charge in [-0.1, -0.05) is 0 Å². The molecule has 5 atom stereocenters. The van der Waals surface area contributed by atoms with Crippen LogP contribution in [0.4, 0.5) is 0 Å². The van der Waals surface area contributed by atoms with E-state index in [4.69, 9.17) is 20.4 Å². The van der Waals surface area contributed by atoms with Crippen molar-refractivity contribution in [1.29, 1.82) is 0 Å². The van der Waals surface area contributed by atoms with Gasteiger partial charge in [0.1, 0.15) is 24.4 Å². The van der Waals surface area contributed by atoms with E-state index in [1.54, 1.807) is 0 Å². The summed E-state index contributed by atoms with van der Waals surface area (Å²) in [6.07, 6.45) is -9.00. The number of aliphatic hydroxyl groups excluding tert-OH is 4. The Bertz CT molecular complexity index is 210. The maximum Gasteiger partial charge on any atom is 1.00 e. The molecule has 14 heavy (non-hydrogen) atoms. The van der Waals surface area contributed by atoms with Gasteiger partial charge in [-0.05, 0) is 0 Å². The van der Waals surface area contributed by atoms with E-state index in [1.165, 1.54) is 0 Å². The van der Waals surface area contributed by atoms with E-state index in [0.29, 0.717) is 0 Å². The molecule has 0 aliphatic carbocycles. The summed E-state index contributed by atoms with van der Waals surface area (Å²) in [7, 11) is 0. The number of rotatable bonds is 1. The number of carboxylic acid groups (broad SMARTS) is 1. The molecule has 0 saturated carbocycles. The Morgan fingerprint density at radius 1 is 1.07 bits per heavy atom. The Morgan fingerprint density at radius 2 is 1.57 bits per heavy atom. The van der Waals surface area contributed by atoms with Gasteiger partial charge in [-0.15, -0.1) is 0 Å². The number of carbonyl (C=O) groups excluding carboxylic acids is 1. The summed E-state index contributed by atoms with van der Waals surface area (Å²) < 4.78 is 4.28. The molecule has 0 aromatic heterocycles. The molecule has 1 rings (SSSR count). The van der Waals surface area contributed by atoms with Gasteiger partial charge >= 0.3 is 29.6 Å². The summed E-state index contributed by atoms with van der Waals surface area (Å²) in [5, 5.41) is 46.1. The molecule has 4 N–H and O–H groups in total. The number of aliphatic carboxylic acids is 1. The van der Waals surface area contributed by atoms with Crippen molar-refractivity contribution < 1.29 is 64.6 Å². The predicted molar refractivity (Wildman–Crippen MR) is 33.9 cm³/mol. The minimum atomic E-state index is -1.85. The molecule has 1 unspecified atom stereocenters. The van der Waals surface area contributed by atoms with Crippen LogP contribution in [0.3, 0.4) is 0 Å². The standard InChI is InChI=1S/C6H10O7.Na/c7-1-2(8)4(5(10)11)13-6(12)3(1)9;/h1-4,6-9,12H,(H,10,11);/q;+1/p-1/t1-,2-,3-,4?,6+;/m0./s1. The third-order valence-corrected chi connectivity index (χ3v) is 1.82. The quantitative estimate of drug-likeness (QED) is 0.320. The Morgan fingerprint density at radius 3 is 2.00 bits per heavy atom. The van der Waals surface area contributed by atoms with Crippen LogP contribution in [-0.4, -0.2) is 57.1 Å². The average molecular weight is 216 g/mol. The summed E-state index contributed by atoms with van der Waals surface area (Å²) in [4.78, 5) is 10.3. The molecule has 1 fully saturated rings. The van der Waals surface area contributed by atoms with Crippen molar-refractivity contribution >= 4 is 5.97 Å². The van der Waals surface area contributed by atoms with Crippen molar-refractivity contribution in [2.24, 2.45) is 0 Å². The van der Waals surface area contributed by atoms with Crippen LogP contribution in [0, 0.1) is 0 Å². The Balaban J connectivity index is 0.00000169. The molecule has 0 amide bonds. The van der Waals surface area contributed by atoms with Crippen LogP contribution in [-0.2, 0) is 9.53 Å². The largest absolute Gasteiger partial charge is 1.00 e. The van der Waals surface area contributed by atoms with Crippen molar-refractivity contribution in [3.05, 3.63) is 0 Å². The van der Waals surface area contributed by atoms with Crippen molar-refractivity contribution in [3.63, 3.8) is 0 Å². The van der Waals surface area contributed by atoms with E-state index in [-0.39, 0.29) is 29.6 Å². The van der Waals surface area contributed by atoms with Crippen molar-refractivity contribution in [2.75, 3.05) is 0 Å². The van der Waals surface area contributed by atoms with Gasteiger partial charge in [-0.25, -0.2) is 0 Å². The molecule has 0 aromatic carbocycles.